The average molecular weight is 484 g/mol. The van der Waals surface area contributed by atoms with Gasteiger partial charge >= 0.3 is 6.03 Å². The molecule has 6 nitrogen and oxygen atoms in total. The van der Waals surface area contributed by atoms with E-state index in [1.807, 2.05) is 29.3 Å². The molecule has 1 saturated carbocycles. The SMILES string of the molecule is CC12CC(C=N)C(Nc3cccnc3)C=C1CCC2CC(NC(=O)N1CC=CCC1)c1ccccc1. The smallest absolute Gasteiger partial charge is 0.318 e. The van der Waals surface area contributed by atoms with Crippen molar-refractivity contribution >= 4 is 17.9 Å². The molecule has 1 fully saturated rings. The van der Waals surface area contributed by atoms with Crippen molar-refractivity contribution in [1.29, 1.82) is 5.41 Å². The molecule has 6 heteroatoms. The van der Waals surface area contributed by atoms with Gasteiger partial charge in [-0.1, -0.05) is 61.1 Å². The summed E-state index contributed by atoms with van der Waals surface area (Å²) in [4.78, 5) is 19.3. The van der Waals surface area contributed by atoms with Crippen LogP contribution in [0.5, 0.6) is 0 Å². The van der Waals surface area contributed by atoms with Gasteiger partial charge in [0, 0.05) is 37.6 Å². The number of anilines is 1. The van der Waals surface area contributed by atoms with Crippen molar-refractivity contribution in [2.75, 3.05) is 18.4 Å². The molecule has 2 amide bonds. The molecule has 1 aromatic carbocycles. The minimum absolute atomic E-state index is 0.0221. The quantitative estimate of drug-likeness (QED) is 0.335. The molecule has 5 unspecified atom stereocenters. The molecule has 3 aliphatic rings. The number of pyridine rings is 1. The molecule has 0 bridgehead atoms. The molecule has 5 atom stereocenters. The lowest BCUT2D eigenvalue weighted by Crippen LogP contribution is -2.44. The number of fused-ring (bicyclic) bond motifs is 1. The van der Waals surface area contributed by atoms with Crippen molar-refractivity contribution in [1.82, 2.24) is 15.2 Å². The molecule has 2 aliphatic carbocycles. The molecule has 5 rings (SSSR count). The zero-order chi connectivity index (χ0) is 25.0. The first-order valence-corrected chi connectivity index (χ1v) is 13.2. The highest BCUT2D eigenvalue weighted by Crippen LogP contribution is 2.56. The zero-order valence-corrected chi connectivity index (χ0v) is 21.1. The minimum Gasteiger partial charge on any atom is -0.377 e. The molecule has 36 heavy (non-hydrogen) atoms. The Morgan fingerprint density at radius 3 is 2.83 bits per heavy atom. The third-order valence-corrected chi connectivity index (χ3v) is 8.47. The number of rotatable bonds is 7. The van der Waals surface area contributed by atoms with Gasteiger partial charge in [-0.15, -0.1) is 0 Å². The predicted molar refractivity (Wildman–Crippen MR) is 145 cm³/mol. The fourth-order valence-corrected chi connectivity index (χ4v) is 6.37. The number of nitrogens with zero attached hydrogens (tertiary/aromatic N) is 2. The van der Waals surface area contributed by atoms with Crippen LogP contribution in [-0.4, -0.2) is 41.3 Å². The molecule has 188 valence electrons. The van der Waals surface area contributed by atoms with Gasteiger partial charge in [0.25, 0.3) is 0 Å². The van der Waals surface area contributed by atoms with Gasteiger partial charge < -0.3 is 20.9 Å². The number of hydrogen-bond acceptors (Lipinski definition) is 4. The van der Waals surface area contributed by atoms with Crippen LogP contribution in [0, 0.1) is 22.7 Å². The van der Waals surface area contributed by atoms with E-state index in [0.29, 0.717) is 12.5 Å². The summed E-state index contributed by atoms with van der Waals surface area (Å²) in [5.74, 6) is 0.557. The second-order valence-electron chi connectivity index (χ2n) is 10.6. The molecule has 0 saturated heterocycles. The van der Waals surface area contributed by atoms with Gasteiger partial charge in [-0.05, 0) is 61.1 Å². The number of carbonyl (C=O) groups excluding carboxylic acids is 1. The largest absolute Gasteiger partial charge is 0.377 e. The summed E-state index contributed by atoms with van der Waals surface area (Å²) < 4.78 is 0. The van der Waals surface area contributed by atoms with E-state index in [0.717, 1.165) is 49.9 Å². The van der Waals surface area contributed by atoms with Crippen LogP contribution < -0.4 is 10.6 Å². The second kappa shape index (κ2) is 10.7. The average Bonchev–Trinajstić information content (AvgIpc) is 3.24. The van der Waals surface area contributed by atoms with Crippen LogP contribution in [0.2, 0.25) is 0 Å². The van der Waals surface area contributed by atoms with Crippen LogP contribution in [0.25, 0.3) is 0 Å². The van der Waals surface area contributed by atoms with Gasteiger partial charge in [-0.2, -0.15) is 0 Å². The van der Waals surface area contributed by atoms with E-state index in [4.69, 9.17) is 5.41 Å². The van der Waals surface area contributed by atoms with E-state index in [1.54, 1.807) is 12.4 Å². The summed E-state index contributed by atoms with van der Waals surface area (Å²) in [7, 11) is 0. The first-order valence-electron chi connectivity index (χ1n) is 13.2. The Kier molecular flexibility index (Phi) is 7.21. The first kappa shape index (κ1) is 24.3. The Morgan fingerprint density at radius 2 is 2.11 bits per heavy atom. The van der Waals surface area contributed by atoms with Crippen molar-refractivity contribution in [3.63, 3.8) is 0 Å². The highest BCUT2D eigenvalue weighted by Gasteiger charge is 2.48. The van der Waals surface area contributed by atoms with Crippen molar-refractivity contribution < 1.29 is 4.79 Å². The number of carbonyl (C=O) groups is 1. The van der Waals surface area contributed by atoms with Gasteiger partial charge in [-0.25, -0.2) is 4.79 Å². The maximum Gasteiger partial charge on any atom is 0.318 e. The Hall–Kier alpha value is -3.41. The Balaban J connectivity index is 1.35. The monoisotopic (exact) mass is 483 g/mol. The van der Waals surface area contributed by atoms with Crippen LogP contribution in [0.3, 0.4) is 0 Å². The fraction of sp³-hybridized carbons (Fsp3) is 0.433. The van der Waals surface area contributed by atoms with Crippen LogP contribution in [0.15, 0.2) is 78.7 Å². The lowest BCUT2D eigenvalue weighted by molar-refractivity contribution is 0.177. The lowest BCUT2D eigenvalue weighted by atomic mass is 9.64. The maximum absolute atomic E-state index is 13.2. The number of urea groups is 1. The van der Waals surface area contributed by atoms with E-state index in [-0.39, 0.29) is 29.4 Å². The topological polar surface area (TPSA) is 81.1 Å². The van der Waals surface area contributed by atoms with Crippen molar-refractivity contribution in [2.24, 2.45) is 17.3 Å². The number of aromatic nitrogens is 1. The first-order chi connectivity index (χ1) is 17.6. The van der Waals surface area contributed by atoms with Gasteiger partial charge in [0.05, 0.1) is 17.8 Å². The highest BCUT2D eigenvalue weighted by molar-refractivity contribution is 5.75. The molecular formula is C30H37N5O. The van der Waals surface area contributed by atoms with Gasteiger partial charge in [-0.3, -0.25) is 4.98 Å². The standard InChI is InChI=1S/C30H37N5O/c1-30-19-23(20-31)28(33-26-11-8-14-32-21-26)18-25(30)13-12-24(30)17-27(22-9-4-2-5-10-22)34-29(36)35-15-6-3-7-16-35/h2-6,8-11,14,18,20-21,23-24,27-28,31,33H,7,12-13,15-17,19H2,1H3,(H,34,36). The van der Waals surface area contributed by atoms with Crippen LogP contribution >= 0.6 is 0 Å². The van der Waals surface area contributed by atoms with Crippen LogP contribution in [-0.2, 0) is 0 Å². The molecular weight excluding hydrogens is 446 g/mol. The number of allylic oxidation sites excluding steroid dienone is 1. The predicted octanol–water partition coefficient (Wildman–Crippen LogP) is 5.98. The minimum atomic E-state index is -0.0320. The van der Waals surface area contributed by atoms with E-state index < -0.39 is 0 Å². The van der Waals surface area contributed by atoms with Crippen molar-refractivity contribution in [2.45, 2.75) is 51.1 Å². The van der Waals surface area contributed by atoms with E-state index in [9.17, 15) is 4.79 Å². The molecule has 2 heterocycles. The van der Waals surface area contributed by atoms with Gasteiger partial charge in [0.2, 0.25) is 0 Å². The van der Waals surface area contributed by atoms with Crippen molar-refractivity contribution in [3.8, 4) is 0 Å². The van der Waals surface area contributed by atoms with E-state index >= 15 is 0 Å². The molecule has 3 N–H and O–H groups in total. The zero-order valence-electron chi connectivity index (χ0n) is 21.1. The third kappa shape index (κ3) is 5.08. The highest BCUT2D eigenvalue weighted by atomic mass is 16.2. The third-order valence-electron chi connectivity index (χ3n) is 8.47. The van der Waals surface area contributed by atoms with Crippen molar-refractivity contribution in [3.05, 3.63) is 84.2 Å². The number of nitrogens with one attached hydrogen (secondary N) is 3. The normalized spacial score (nSPS) is 28.1. The van der Waals surface area contributed by atoms with Crippen LogP contribution in [0.1, 0.15) is 50.6 Å². The summed E-state index contributed by atoms with van der Waals surface area (Å²) >= 11 is 0. The van der Waals surface area contributed by atoms with E-state index in [1.165, 1.54) is 5.57 Å². The number of hydrogen-bond donors (Lipinski definition) is 3. The number of amides is 2. The fourth-order valence-electron chi connectivity index (χ4n) is 6.37. The van der Waals surface area contributed by atoms with Gasteiger partial charge in [0.15, 0.2) is 0 Å². The summed E-state index contributed by atoms with van der Waals surface area (Å²) in [5.41, 5.74) is 3.67. The summed E-state index contributed by atoms with van der Waals surface area (Å²) in [6.07, 6.45) is 16.8. The number of benzene rings is 1. The Bertz CT molecular complexity index is 1110. The lowest BCUT2D eigenvalue weighted by Gasteiger charge is -2.43. The Morgan fingerprint density at radius 1 is 1.25 bits per heavy atom. The molecule has 1 aliphatic heterocycles. The molecule has 0 spiro atoms. The van der Waals surface area contributed by atoms with E-state index in [2.05, 4.69) is 65.0 Å². The molecule has 0 radical (unpaired) electrons. The molecule has 1 aromatic heterocycles. The summed E-state index contributed by atoms with van der Waals surface area (Å²) in [6, 6.07) is 14.5. The molecule has 2 aromatic rings. The van der Waals surface area contributed by atoms with Crippen LogP contribution in [0.4, 0.5) is 10.5 Å². The Labute approximate surface area is 214 Å². The van der Waals surface area contributed by atoms with Gasteiger partial charge in [0.1, 0.15) is 0 Å². The second-order valence-corrected chi connectivity index (χ2v) is 10.6. The maximum atomic E-state index is 13.2. The summed E-state index contributed by atoms with van der Waals surface area (Å²) in [6.45, 7) is 3.82. The summed E-state index contributed by atoms with van der Waals surface area (Å²) in [5, 5.41) is 15.2.